The number of nitrogens with zero attached hydrogens (tertiary/aromatic N) is 2. The van der Waals surface area contributed by atoms with E-state index >= 15 is 0 Å². The molecule has 0 aliphatic rings. The first-order valence-corrected chi connectivity index (χ1v) is 6.83. The number of benzene rings is 1. The fraction of sp³-hybridized carbons (Fsp3) is 0.143. The minimum absolute atomic E-state index is 0.189. The second-order valence-corrected chi connectivity index (χ2v) is 5.04. The maximum Gasteiger partial charge on any atom is 0.277 e. The number of nitrogens with one attached hydrogen (secondary N) is 1. The van der Waals surface area contributed by atoms with Gasteiger partial charge in [-0.2, -0.15) is 5.10 Å². The summed E-state index contributed by atoms with van der Waals surface area (Å²) >= 11 is 11.7. The number of aromatic nitrogens is 1. The molecule has 0 spiro atoms. The molecule has 1 amide bonds. The van der Waals surface area contributed by atoms with Gasteiger partial charge < -0.3 is 9.30 Å². The number of hydrogen-bond donors (Lipinski definition) is 1. The van der Waals surface area contributed by atoms with Crippen LogP contribution in [0.15, 0.2) is 41.6 Å². The molecule has 1 aromatic heterocycles. The van der Waals surface area contributed by atoms with E-state index in [1.54, 1.807) is 24.4 Å². The molecule has 2 rings (SSSR count). The lowest BCUT2D eigenvalue weighted by molar-refractivity contribution is -0.123. The standard InChI is InChI=1S/C14H13Cl2N3O2/c1-19-6-2-3-11(19)8-17-18-14(20)9-21-13-5-4-10(15)7-12(13)16/h2-8H,9H2,1H3,(H,18,20)/b17-8+. The van der Waals surface area contributed by atoms with Gasteiger partial charge in [0, 0.05) is 18.3 Å². The monoisotopic (exact) mass is 325 g/mol. The molecule has 5 nitrogen and oxygen atoms in total. The average Bonchev–Trinajstić information content (AvgIpc) is 2.83. The number of aryl methyl sites for hydroxylation is 1. The summed E-state index contributed by atoms with van der Waals surface area (Å²) in [6, 6.07) is 8.54. The third kappa shape index (κ3) is 4.51. The molecule has 1 N–H and O–H groups in total. The zero-order valence-corrected chi connectivity index (χ0v) is 12.7. The number of hydrazone groups is 1. The van der Waals surface area contributed by atoms with E-state index in [1.165, 1.54) is 0 Å². The SMILES string of the molecule is Cn1cccc1/C=N/NC(=O)COc1ccc(Cl)cc1Cl. The predicted molar refractivity (Wildman–Crippen MR) is 83.1 cm³/mol. The summed E-state index contributed by atoms with van der Waals surface area (Å²) < 4.78 is 7.16. The minimum Gasteiger partial charge on any atom is -0.482 e. The van der Waals surface area contributed by atoms with Crippen molar-refractivity contribution in [3.05, 3.63) is 52.3 Å². The van der Waals surface area contributed by atoms with Gasteiger partial charge in [-0.3, -0.25) is 4.79 Å². The van der Waals surface area contributed by atoms with Crippen molar-refractivity contribution in [2.24, 2.45) is 12.1 Å². The van der Waals surface area contributed by atoms with E-state index in [1.807, 2.05) is 29.9 Å². The van der Waals surface area contributed by atoms with E-state index in [2.05, 4.69) is 10.5 Å². The fourth-order valence-corrected chi connectivity index (χ4v) is 2.01. The van der Waals surface area contributed by atoms with E-state index in [0.717, 1.165) is 5.69 Å². The zero-order valence-electron chi connectivity index (χ0n) is 11.2. The molecular formula is C14H13Cl2N3O2. The first-order valence-electron chi connectivity index (χ1n) is 6.07. The van der Waals surface area contributed by atoms with Gasteiger partial charge in [0.25, 0.3) is 5.91 Å². The summed E-state index contributed by atoms with van der Waals surface area (Å²) in [6.07, 6.45) is 3.43. The first kappa shape index (κ1) is 15.4. The van der Waals surface area contributed by atoms with Crippen molar-refractivity contribution in [2.75, 3.05) is 6.61 Å². The minimum atomic E-state index is -0.383. The van der Waals surface area contributed by atoms with E-state index < -0.39 is 0 Å². The molecule has 7 heteroatoms. The van der Waals surface area contributed by atoms with Gasteiger partial charge in [0.2, 0.25) is 0 Å². The van der Waals surface area contributed by atoms with Gasteiger partial charge in [0.05, 0.1) is 16.9 Å². The zero-order chi connectivity index (χ0) is 15.2. The van der Waals surface area contributed by atoms with Crippen molar-refractivity contribution < 1.29 is 9.53 Å². The number of amides is 1. The molecule has 0 aliphatic carbocycles. The molecule has 2 aromatic rings. The van der Waals surface area contributed by atoms with Crippen LogP contribution in [0.3, 0.4) is 0 Å². The molecular weight excluding hydrogens is 313 g/mol. The lowest BCUT2D eigenvalue weighted by atomic mass is 10.3. The van der Waals surface area contributed by atoms with E-state index in [-0.39, 0.29) is 12.5 Å². The molecule has 1 heterocycles. The van der Waals surface area contributed by atoms with Crippen LogP contribution in [0.2, 0.25) is 10.0 Å². The molecule has 0 radical (unpaired) electrons. The summed E-state index contributed by atoms with van der Waals surface area (Å²) in [5, 5.41) is 4.70. The van der Waals surface area contributed by atoms with Gasteiger partial charge in [-0.15, -0.1) is 0 Å². The quantitative estimate of drug-likeness (QED) is 0.678. The maximum atomic E-state index is 11.6. The lowest BCUT2D eigenvalue weighted by Crippen LogP contribution is -2.24. The summed E-state index contributed by atoms with van der Waals surface area (Å²) in [7, 11) is 1.88. The summed E-state index contributed by atoms with van der Waals surface area (Å²) in [5.41, 5.74) is 3.24. The molecule has 0 unspecified atom stereocenters. The second kappa shape index (κ2) is 7.15. The Morgan fingerprint density at radius 3 is 2.90 bits per heavy atom. The third-order valence-corrected chi connectivity index (χ3v) is 3.15. The van der Waals surface area contributed by atoms with Crippen molar-refractivity contribution in [1.82, 2.24) is 9.99 Å². The largest absolute Gasteiger partial charge is 0.482 e. The van der Waals surface area contributed by atoms with Gasteiger partial charge in [0.15, 0.2) is 6.61 Å². The van der Waals surface area contributed by atoms with E-state index in [9.17, 15) is 4.79 Å². The van der Waals surface area contributed by atoms with Gasteiger partial charge in [0.1, 0.15) is 5.75 Å². The van der Waals surface area contributed by atoms with Crippen LogP contribution in [0.5, 0.6) is 5.75 Å². The number of ether oxygens (including phenoxy) is 1. The van der Waals surface area contributed by atoms with Gasteiger partial charge >= 0.3 is 0 Å². The Bertz CT molecular complexity index is 668. The maximum absolute atomic E-state index is 11.6. The van der Waals surface area contributed by atoms with Crippen LogP contribution in [0, 0.1) is 0 Å². The number of halogens is 2. The fourth-order valence-electron chi connectivity index (χ4n) is 1.55. The Morgan fingerprint density at radius 1 is 1.43 bits per heavy atom. The summed E-state index contributed by atoms with van der Waals surface area (Å²) in [5.74, 6) is 0.00843. The third-order valence-electron chi connectivity index (χ3n) is 2.62. The van der Waals surface area contributed by atoms with Crippen molar-refractivity contribution in [2.45, 2.75) is 0 Å². The molecule has 110 valence electrons. The average molecular weight is 326 g/mol. The molecule has 0 aliphatic heterocycles. The van der Waals surface area contributed by atoms with Gasteiger partial charge in [-0.25, -0.2) is 5.43 Å². The van der Waals surface area contributed by atoms with Crippen LogP contribution in [-0.4, -0.2) is 23.3 Å². The Balaban J connectivity index is 1.82. The van der Waals surface area contributed by atoms with E-state index in [4.69, 9.17) is 27.9 Å². The van der Waals surface area contributed by atoms with Crippen LogP contribution in [0.4, 0.5) is 0 Å². The summed E-state index contributed by atoms with van der Waals surface area (Å²) in [4.78, 5) is 11.6. The normalized spacial score (nSPS) is 10.8. The molecule has 0 saturated heterocycles. The van der Waals surface area contributed by atoms with Gasteiger partial charge in [-0.1, -0.05) is 23.2 Å². The molecule has 0 atom stereocenters. The number of carbonyl (C=O) groups excluding carboxylic acids is 1. The first-order chi connectivity index (χ1) is 10.1. The van der Waals surface area contributed by atoms with Crippen molar-refractivity contribution in [3.8, 4) is 5.75 Å². The number of carbonyl (C=O) groups is 1. The van der Waals surface area contributed by atoms with Crippen LogP contribution in [-0.2, 0) is 11.8 Å². The highest BCUT2D eigenvalue weighted by Crippen LogP contribution is 2.27. The topological polar surface area (TPSA) is 55.6 Å². The Morgan fingerprint density at radius 2 is 2.24 bits per heavy atom. The highest BCUT2D eigenvalue weighted by molar-refractivity contribution is 6.35. The Kier molecular flexibility index (Phi) is 5.25. The molecule has 0 bridgehead atoms. The number of rotatable bonds is 5. The van der Waals surface area contributed by atoms with Crippen LogP contribution in [0.25, 0.3) is 0 Å². The van der Waals surface area contributed by atoms with Crippen molar-refractivity contribution in [3.63, 3.8) is 0 Å². The molecule has 0 fully saturated rings. The van der Waals surface area contributed by atoms with Crippen LogP contribution >= 0.6 is 23.2 Å². The highest BCUT2D eigenvalue weighted by atomic mass is 35.5. The number of hydrogen-bond acceptors (Lipinski definition) is 3. The molecule has 1 aromatic carbocycles. The van der Waals surface area contributed by atoms with Crippen molar-refractivity contribution in [1.29, 1.82) is 0 Å². The molecule has 0 saturated carbocycles. The van der Waals surface area contributed by atoms with Crippen LogP contribution in [0.1, 0.15) is 5.69 Å². The summed E-state index contributed by atoms with van der Waals surface area (Å²) in [6.45, 7) is -0.189. The van der Waals surface area contributed by atoms with Crippen LogP contribution < -0.4 is 10.2 Å². The predicted octanol–water partition coefficient (Wildman–Crippen LogP) is 2.86. The lowest BCUT2D eigenvalue weighted by Gasteiger charge is -2.07. The smallest absolute Gasteiger partial charge is 0.277 e. The van der Waals surface area contributed by atoms with E-state index in [0.29, 0.717) is 15.8 Å². The van der Waals surface area contributed by atoms with Crippen molar-refractivity contribution >= 4 is 35.3 Å². The Labute approximate surface area is 132 Å². The molecule has 21 heavy (non-hydrogen) atoms. The highest BCUT2D eigenvalue weighted by Gasteiger charge is 2.05. The van der Waals surface area contributed by atoms with Gasteiger partial charge in [-0.05, 0) is 30.3 Å². The Hall–Kier alpha value is -1.98. The second-order valence-electron chi connectivity index (χ2n) is 4.20.